The predicted octanol–water partition coefficient (Wildman–Crippen LogP) is 4.35. The van der Waals surface area contributed by atoms with Gasteiger partial charge in [0.2, 0.25) is 0 Å². The first kappa shape index (κ1) is 14.7. The van der Waals surface area contributed by atoms with E-state index in [1.807, 2.05) is 24.1 Å². The third-order valence-corrected chi connectivity index (χ3v) is 4.58. The summed E-state index contributed by atoms with van der Waals surface area (Å²) in [4.78, 5) is 9.16. The Kier molecular flexibility index (Phi) is 3.27. The van der Waals surface area contributed by atoms with Gasteiger partial charge in [-0.05, 0) is 50.1 Å². The number of hydrogen-bond donors (Lipinski definition) is 0. The van der Waals surface area contributed by atoms with Gasteiger partial charge in [-0.25, -0.2) is 9.97 Å². The minimum atomic E-state index is 0.956. The molecular weight excluding hydrogens is 296 g/mol. The smallest absolute Gasteiger partial charge is 0.144 e. The molecule has 0 aliphatic heterocycles. The molecule has 0 saturated heterocycles. The molecular formula is C20H20N4. The van der Waals surface area contributed by atoms with Gasteiger partial charge >= 0.3 is 0 Å². The second-order valence-electron chi connectivity index (χ2n) is 6.36. The van der Waals surface area contributed by atoms with Crippen LogP contribution in [0.2, 0.25) is 0 Å². The van der Waals surface area contributed by atoms with Crippen molar-refractivity contribution in [3.05, 3.63) is 65.7 Å². The van der Waals surface area contributed by atoms with Gasteiger partial charge in [-0.3, -0.25) is 4.57 Å². The highest BCUT2D eigenvalue weighted by Crippen LogP contribution is 2.29. The maximum Gasteiger partial charge on any atom is 0.144 e. The topological polar surface area (TPSA) is 35.6 Å². The molecule has 120 valence electrons. The zero-order valence-electron chi connectivity index (χ0n) is 14.4. The van der Waals surface area contributed by atoms with Crippen molar-refractivity contribution in [3.8, 4) is 17.1 Å². The molecule has 0 unspecified atom stereocenters. The van der Waals surface area contributed by atoms with E-state index in [-0.39, 0.29) is 0 Å². The van der Waals surface area contributed by atoms with Crippen LogP contribution in [0, 0.1) is 20.8 Å². The first-order chi connectivity index (χ1) is 11.6. The van der Waals surface area contributed by atoms with E-state index in [4.69, 9.17) is 0 Å². The molecule has 0 saturated carbocycles. The normalized spacial score (nSPS) is 11.3. The largest absolute Gasteiger partial charge is 0.334 e. The van der Waals surface area contributed by atoms with Crippen LogP contribution in [0.25, 0.3) is 28.1 Å². The molecule has 4 aromatic rings. The highest BCUT2D eigenvalue weighted by Gasteiger charge is 2.15. The average molecular weight is 316 g/mol. The van der Waals surface area contributed by atoms with Crippen LogP contribution in [0.3, 0.4) is 0 Å². The molecule has 4 rings (SSSR count). The van der Waals surface area contributed by atoms with Crippen molar-refractivity contribution in [2.24, 2.45) is 7.05 Å². The van der Waals surface area contributed by atoms with Gasteiger partial charge < -0.3 is 4.57 Å². The fraction of sp³-hybridized carbons (Fsp3) is 0.200. The lowest BCUT2D eigenvalue weighted by Crippen LogP contribution is -2.04. The number of aromatic nitrogens is 4. The third kappa shape index (κ3) is 2.14. The number of rotatable bonds is 2. The lowest BCUT2D eigenvalue weighted by Gasteiger charge is -2.16. The van der Waals surface area contributed by atoms with Crippen molar-refractivity contribution in [2.75, 3.05) is 0 Å². The van der Waals surface area contributed by atoms with E-state index in [0.29, 0.717) is 0 Å². The summed E-state index contributed by atoms with van der Waals surface area (Å²) in [6.45, 7) is 6.39. The maximum atomic E-state index is 4.69. The molecule has 4 heteroatoms. The van der Waals surface area contributed by atoms with Gasteiger partial charge in [-0.1, -0.05) is 18.2 Å². The number of aryl methyl sites for hydroxylation is 4. The molecule has 4 nitrogen and oxygen atoms in total. The second-order valence-corrected chi connectivity index (χ2v) is 6.36. The van der Waals surface area contributed by atoms with Crippen molar-refractivity contribution in [2.45, 2.75) is 20.8 Å². The molecule has 2 aromatic carbocycles. The fourth-order valence-corrected chi connectivity index (χ4v) is 3.36. The zero-order chi connectivity index (χ0) is 16.8. The van der Waals surface area contributed by atoms with Crippen LogP contribution >= 0.6 is 0 Å². The van der Waals surface area contributed by atoms with E-state index in [1.54, 1.807) is 0 Å². The van der Waals surface area contributed by atoms with Crippen molar-refractivity contribution >= 4 is 11.0 Å². The predicted molar refractivity (Wildman–Crippen MR) is 97.5 cm³/mol. The highest BCUT2D eigenvalue weighted by atomic mass is 15.1. The highest BCUT2D eigenvalue weighted by molar-refractivity contribution is 5.81. The van der Waals surface area contributed by atoms with Crippen LogP contribution < -0.4 is 0 Å². The van der Waals surface area contributed by atoms with Gasteiger partial charge in [-0.15, -0.1) is 0 Å². The number of benzene rings is 2. The van der Waals surface area contributed by atoms with Gasteiger partial charge in [0.05, 0.1) is 23.0 Å². The molecule has 0 spiro atoms. The van der Waals surface area contributed by atoms with Crippen molar-refractivity contribution < 1.29 is 0 Å². The Hall–Kier alpha value is -2.88. The SMILES string of the molecule is Cc1cccc(C)c1-n1c(C)cnc1-c1ccc2c(c1)ncn2C. The van der Waals surface area contributed by atoms with E-state index >= 15 is 0 Å². The number of hydrogen-bond acceptors (Lipinski definition) is 2. The molecule has 0 aliphatic carbocycles. The van der Waals surface area contributed by atoms with Crippen LogP contribution in [0.5, 0.6) is 0 Å². The minimum absolute atomic E-state index is 0.956. The molecule has 0 aliphatic rings. The van der Waals surface area contributed by atoms with E-state index in [9.17, 15) is 0 Å². The summed E-state index contributed by atoms with van der Waals surface area (Å²) in [6.07, 6.45) is 3.78. The fourth-order valence-electron chi connectivity index (χ4n) is 3.36. The lowest BCUT2D eigenvalue weighted by atomic mass is 10.1. The van der Waals surface area contributed by atoms with Crippen molar-refractivity contribution in [1.82, 2.24) is 19.1 Å². The van der Waals surface area contributed by atoms with Crippen LogP contribution in [0.1, 0.15) is 16.8 Å². The number of para-hydroxylation sites is 1. The molecule has 0 bridgehead atoms. The summed E-state index contributed by atoms with van der Waals surface area (Å²) in [5, 5.41) is 0. The van der Waals surface area contributed by atoms with E-state index in [2.05, 4.69) is 71.7 Å². The average Bonchev–Trinajstić information content (AvgIpc) is 3.11. The van der Waals surface area contributed by atoms with Gasteiger partial charge in [-0.2, -0.15) is 0 Å². The quantitative estimate of drug-likeness (QED) is 0.551. The maximum absolute atomic E-state index is 4.69. The second kappa shape index (κ2) is 5.34. The summed E-state index contributed by atoms with van der Waals surface area (Å²) in [6, 6.07) is 12.7. The number of nitrogens with zero attached hydrogens (tertiary/aromatic N) is 4. The molecule has 0 atom stereocenters. The standard InChI is InChI=1S/C20H20N4/c1-13-6-5-7-14(2)19(13)24-15(3)11-21-20(24)16-8-9-18-17(10-16)22-12-23(18)4/h5-12H,1-4H3. The molecule has 0 fully saturated rings. The van der Waals surface area contributed by atoms with Gasteiger partial charge in [0.25, 0.3) is 0 Å². The Bertz CT molecular complexity index is 1030. The number of imidazole rings is 2. The first-order valence-electron chi connectivity index (χ1n) is 8.08. The number of fused-ring (bicyclic) bond motifs is 1. The first-order valence-corrected chi connectivity index (χ1v) is 8.08. The third-order valence-electron chi connectivity index (χ3n) is 4.58. The molecule has 2 aromatic heterocycles. The Morgan fingerprint density at radius 3 is 2.42 bits per heavy atom. The zero-order valence-corrected chi connectivity index (χ0v) is 14.4. The van der Waals surface area contributed by atoms with Gasteiger partial charge in [0.1, 0.15) is 5.82 Å². The Morgan fingerprint density at radius 1 is 0.917 bits per heavy atom. The summed E-state index contributed by atoms with van der Waals surface area (Å²) in [5.74, 6) is 0.956. The van der Waals surface area contributed by atoms with Crippen molar-refractivity contribution in [3.63, 3.8) is 0 Å². The monoisotopic (exact) mass is 316 g/mol. The van der Waals surface area contributed by atoms with E-state index in [0.717, 1.165) is 28.1 Å². The molecule has 2 heterocycles. The molecule has 0 radical (unpaired) electrons. The summed E-state index contributed by atoms with van der Waals surface area (Å²) in [7, 11) is 2.01. The summed E-state index contributed by atoms with van der Waals surface area (Å²) in [5.41, 5.74) is 8.03. The van der Waals surface area contributed by atoms with Crippen LogP contribution in [-0.2, 0) is 7.05 Å². The lowest BCUT2D eigenvalue weighted by molar-refractivity contribution is 0.947. The van der Waals surface area contributed by atoms with Crippen LogP contribution in [0.4, 0.5) is 0 Å². The molecule has 0 amide bonds. The Morgan fingerprint density at radius 2 is 1.67 bits per heavy atom. The minimum Gasteiger partial charge on any atom is -0.334 e. The Labute approximate surface area is 141 Å². The van der Waals surface area contributed by atoms with E-state index < -0.39 is 0 Å². The molecule has 0 N–H and O–H groups in total. The summed E-state index contributed by atoms with van der Waals surface area (Å²) >= 11 is 0. The summed E-state index contributed by atoms with van der Waals surface area (Å²) < 4.78 is 4.27. The van der Waals surface area contributed by atoms with Crippen molar-refractivity contribution in [1.29, 1.82) is 0 Å². The van der Waals surface area contributed by atoms with Crippen LogP contribution in [-0.4, -0.2) is 19.1 Å². The Balaban J connectivity index is 1.96. The van der Waals surface area contributed by atoms with Gasteiger partial charge in [0, 0.05) is 24.5 Å². The van der Waals surface area contributed by atoms with Gasteiger partial charge in [0.15, 0.2) is 0 Å². The van der Waals surface area contributed by atoms with Crippen LogP contribution in [0.15, 0.2) is 48.9 Å². The molecule has 24 heavy (non-hydrogen) atoms. The van der Waals surface area contributed by atoms with E-state index in [1.165, 1.54) is 16.8 Å².